The Morgan fingerprint density at radius 2 is 1.00 bits per heavy atom. The number of aryl methyl sites for hydroxylation is 4. The van der Waals surface area contributed by atoms with Gasteiger partial charge < -0.3 is 59.1 Å². The van der Waals surface area contributed by atoms with Crippen molar-refractivity contribution in [1.82, 2.24) is 40.9 Å². The van der Waals surface area contributed by atoms with Gasteiger partial charge in [-0.25, -0.2) is 9.97 Å². The van der Waals surface area contributed by atoms with Crippen molar-refractivity contribution >= 4 is 11.8 Å². The Morgan fingerprint density at radius 3 is 1.41 bits per heavy atom. The van der Waals surface area contributed by atoms with Crippen molar-refractivity contribution in [2.45, 2.75) is 99.1 Å². The lowest BCUT2D eigenvalue weighted by Gasteiger charge is -2.21. The lowest BCUT2D eigenvalue weighted by molar-refractivity contribution is -0.146. The van der Waals surface area contributed by atoms with Gasteiger partial charge in [-0.3, -0.25) is 9.59 Å². The molecule has 0 aliphatic rings. The van der Waals surface area contributed by atoms with Crippen molar-refractivity contribution in [3.05, 3.63) is 82.2 Å². The van der Waals surface area contributed by atoms with E-state index in [2.05, 4.69) is 63.6 Å². The van der Waals surface area contributed by atoms with Gasteiger partial charge in [0.2, 0.25) is 11.6 Å². The first-order valence-corrected chi connectivity index (χ1v) is 23.4. The highest BCUT2D eigenvalue weighted by Gasteiger charge is 2.31. The van der Waals surface area contributed by atoms with Crippen molar-refractivity contribution in [3.63, 3.8) is 0 Å². The zero-order valence-electron chi connectivity index (χ0n) is 41.8. The van der Waals surface area contributed by atoms with Gasteiger partial charge in [0.25, 0.3) is 23.6 Å². The molecule has 0 saturated heterocycles. The quantitative estimate of drug-likeness (QED) is 0.0468. The van der Waals surface area contributed by atoms with Crippen LogP contribution in [0.5, 0.6) is 23.0 Å². The number of aliphatic hydroxyl groups excluding tert-OH is 4. The highest BCUT2D eigenvalue weighted by Crippen LogP contribution is 2.33. The lowest BCUT2D eigenvalue weighted by atomic mass is 10.0. The molecule has 20 heteroatoms. The molecule has 2 aromatic carbocycles. The summed E-state index contributed by atoms with van der Waals surface area (Å²) in [6.07, 6.45) is -4.76. The molecule has 2 amide bonds. The number of ether oxygens (including phenoxy) is 4. The first kappa shape index (κ1) is 53.4. The van der Waals surface area contributed by atoms with Crippen LogP contribution in [-0.2, 0) is 28.9 Å². The Hall–Kier alpha value is -7.00. The number of carbonyl (C=O) groups is 2. The second-order valence-electron chi connectivity index (χ2n) is 18.2. The van der Waals surface area contributed by atoms with E-state index >= 15 is 0 Å². The lowest BCUT2D eigenvalue weighted by Crippen LogP contribution is -2.52. The summed E-state index contributed by atoms with van der Waals surface area (Å²) < 4.78 is 34.0. The molecule has 0 aliphatic carbocycles. The third kappa shape index (κ3) is 14.1. The van der Waals surface area contributed by atoms with Crippen LogP contribution in [0, 0.1) is 32.6 Å². The summed E-state index contributed by atoms with van der Waals surface area (Å²) in [6, 6.07) is 14.6. The zero-order valence-corrected chi connectivity index (χ0v) is 41.8. The molecule has 4 atom stereocenters. The fourth-order valence-corrected chi connectivity index (χ4v) is 7.67. The molecule has 4 aromatic heterocycles. The molecule has 71 heavy (non-hydrogen) atoms. The molecule has 0 radical (unpaired) electrons. The molecule has 0 bridgehead atoms. The average Bonchev–Trinajstić information content (AvgIpc) is 4.05. The fraction of sp³-hybridized carbons (Fsp3) is 0.451. The predicted octanol–water partition coefficient (Wildman–Crippen LogP) is 4.95. The van der Waals surface area contributed by atoms with E-state index in [9.17, 15) is 30.0 Å². The van der Waals surface area contributed by atoms with E-state index in [-0.39, 0.29) is 38.1 Å². The first-order chi connectivity index (χ1) is 33.8. The minimum atomic E-state index is -2.18. The number of hydrogen-bond donors (Lipinski definition) is 6. The Labute approximate surface area is 412 Å². The van der Waals surface area contributed by atoms with Crippen molar-refractivity contribution in [2.24, 2.45) is 11.8 Å². The monoisotopic (exact) mass is 980 g/mol. The van der Waals surface area contributed by atoms with Crippen LogP contribution in [-0.4, -0.2) is 127 Å². The molecule has 4 unspecified atom stereocenters. The number of carbonyl (C=O) groups excluding carboxylic acids is 2. The van der Waals surface area contributed by atoms with Gasteiger partial charge in [-0.05, 0) is 98.4 Å². The molecule has 20 nitrogen and oxygen atoms in total. The Balaban J connectivity index is 0.950. The van der Waals surface area contributed by atoms with Crippen LogP contribution >= 0.6 is 0 Å². The van der Waals surface area contributed by atoms with Crippen molar-refractivity contribution in [3.8, 4) is 68.9 Å². The fourth-order valence-electron chi connectivity index (χ4n) is 7.67. The second kappa shape index (κ2) is 24.2. The molecule has 4 heterocycles. The molecule has 0 aliphatic heterocycles. The smallest absolute Gasteiger partial charge is 0.276 e. The number of nitrogens with one attached hydrogen (secondary N) is 2. The normalized spacial score (nSPS) is 13.2. The van der Waals surface area contributed by atoms with E-state index in [4.69, 9.17) is 33.0 Å². The largest absolute Gasteiger partial charge is 0.497 e. The van der Waals surface area contributed by atoms with E-state index in [1.807, 2.05) is 64.1 Å². The molecule has 6 rings (SSSR count). The first-order valence-electron chi connectivity index (χ1n) is 23.4. The third-order valence-electron chi connectivity index (χ3n) is 11.1. The molecule has 0 spiro atoms. The minimum absolute atomic E-state index is 0.232. The van der Waals surface area contributed by atoms with Gasteiger partial charge in [0.1, 0.15) is 59.8 Å². The van der Waals surface area contributed by atoms with Crippen molar-refractivity contribution in [2.75, 3.05) is 40.5 Å². The van der Waals surface area contributed by atoms with Crippen LogP contribution in [0.3, 0.4) is 0 Å². The Morgan fingerprint density at radius 1 is 0.592 bits per heavy atom. The van der Waals surface area contributed by atoms with Gasteiger partial charge in [0, 0.05) is 59.9 Å². The number of rotatable bonds is 24. The standard InChI is InChI=1S/C51H64N8O12/c1-11-31-17-33(47-57-51(71-59-47)41-21-39(67-10)19-35(55-41)13-27(4)5)16-30(8)45(31)69-25-37(61)23-53-49(65)43(63)42(62)48(64)52-22-36(60)24-68-44-28(6)14-32(15-29(44)7)46-56-50(70-58-46)40-20-38(66-9)18-34(54-40)12-26(2)3/h14-21,26-27,36-37,42-43,60-63H,11-13,22-25H2,1-10H3,(H,52,64)(H,53,65). The van der Waals surface area contributed by atoms with E-state index < -0.39 is 36.2 Å². The number of aliphatic hydroxyl groups is 4. The number of benzene rings is 2. The van der Waals surface area contributed by atoms with Crippen molar-refractivity contribution in [1.29, 1.82) is 0 Å². The van der Waals surface area contributed by atoms with Crippen LogP contribution in [0.4, 0.5) is 0 Å². The maximum absolute atomic E-state index is 12.7. The number of methoxy groups -OCH3 is 2. The third-order valence-corrected chi connectivity index (χ3v) is 11.1. The van der Waals surface area contributed by atoms with Gasteiger partial charge in [-0.1, -0.05) is 44.9 Å². The number of amides is 2. The van der Waals surface area contributed by atoms with Gasteiger partial charge >= 0.3 is 0 Å². The van der Waals surface area contributed by atoms with Crippen LogP contribution in [0.2, 0.25) is 0 Å². The summed E-state index contributed by atoms with van der Waals surface area (Å²) in [6.45, 7) is 14.6. The maximum atomic E-state index is 12.7. The number of hydrogen-bond acceptors (Lipinski definition) is 18. The van der Waals surface area contributed by atoms with Crippen molar-refractivity contribution < 1.29 is 58.0 Å². The number of aromatic nitrogens is 6. The molecule has 6 N–H and O–H groups in total. The Kier molecular flexibility index (Phi) is 18.2. The highest BCUT2D eigenvalue weighted by atomic mass is 16.5. The predicted molar refractivity (Wildman–Crippen MR) is 261 cm³/mol. The SMILES string of the molecule is CCc1cc(-c2noc(-c3cc(OC)cc(CC(C)C)n3)n2)cc(C)c1OCC(O)CNC(=O)C(O)C(O)C(=O)NCC(O)COc1c(C)cc(-c2noc(-c3cc(OC)cc(CC(C)C)n3)n2)cc1C. The molecular formula is C51H64N8O12. The Bertz CT molecular complexity index is 2750. The summed E-state index contributed by atoms with van der Waals surface area (Å²) >= 11 is 0. The van der Waals surface area contributed by atoms with Crippen LogP contribution in [0.1, 0.15) is 68.3 Å². The van der Waals surface area contributed by atoms with Crippen LogP contribution in [0.25, 0.3) is 45.9 Å². The molecule has 0 fully saturated rings. The minimum Gasteiger partial charge on any atom is -0.497 e. The molecular weight excluding hydrogens is 917 g/mol. The van der Waals surface area contributed by atoms with Gasteiger partial charge in [0.15, 0.2) is 12.2 Å². The molecule has 6 aromatic rings. The summed E-state index contributed by atoms with van der Waals surface area (Å²) in [4.78, 5) is 44.0. The van der Waals surface area contributed by atoms with Gasteiger partial charge in [-0.15, -0.1) is 0 Å². The topological polar surface area (TPSA) is 280 Å². The maximum Gasteiger partial charge on any atom is 0.276 e. The van der Waals surface area contributed by atoms with E-state index in [1.54, 1.807) is 26.4 Å². The van der Waals surface area contributed by atoms with Gasteiger partial charge in [-0.2, -0.15) is 9.97 Å². The molecule has 0 saturated carbocycles. The van der Waals surface area contributed by atoms with Gasteiger partial charge in [0.05, 0.1) is 14.2 Å². The highest BCUT2D eigenvalue weighted by molar-refractivity contribution is 5.90. The summed E-state index contributed by atoms with van der Waals surface area (Å²) in [5, 5.41) is 55.2. The van der Waals surface area contributed by atoms with E-state index in [1.165, 1.54) is 0 Å². The van der Waals surface area contributed by atoms with Crippen LogP contribution in [0.15, 0.2) is 57.6 Å². The van der Waals surface area contributed by atoms with E-state index in [0.717, 1.165) is 35.4 Å². The number of pyridine rings is 2. The zero-order chi connectivity index (χ0) is 51.5. The molecule has 380 valence electrons. The average molecular weight is 981 g/mol. The second-order valence-corrected chi connectivity index (χ2v) is 18.2. The van der Waals surface area contributed by atoms with Crippen LogP contribution < -0.4 is 29.6 Å². The number of nitrogens with zero attached hydrogens (tertiary/aromatic N) is 6. The summed E-state index contributed by atoms with van der Waals surface area (Å²) in [7, 11) is 3.17. The summed E-state index contributed by atoms with van der Waals surface area (Å²) in [5.41, 5.74) is 7.00. The summed E-state index contributed by atoms with van der Waals surface area (Å²) in [5.74, 6) is 2.00. The van der Waals surface area contributed by atoms with E-state index in [0.29, 0.717) is 86.5 Å².